The minimum absolute atomic E-state index is 0.374. The van der Waals surface area contributed by atoms with Crippen molar-refractivity contribution in [3.05, 3.63) is 53.5 Å². The highest BCUT2D eigenvalue weighted by atomic mass is 16.5. The van der Waals surface area contributed by atoms with Crippen LogP contribution in [0.1, 0.15) is 28.8 Å². The molecule has 150 valence electrons. The summed E-state index contributed by atoms with van der Waals surface area (Å²) in [6.45, 7) is 8.66. The number of aryl methyl sites for hydroxylation is 1. The van der Waals surface area contributed by atoms with Gasteiger partial charge in [0, 0.05) is 38.4 Å². The van der Waals surface area contributed by atoms with Crippen molar-refractivity contribution in [3.8, 4) is 0 Å². The largest absolute Gasteiger partial charge is 0.465 e. The Labute approximate surface area is 166 Å². The van der Waals surface area contributed by atoms with Gasteiger partial charge in [0.05, 0.1) is 7.11 Å². The van der Waals surface area contributed by atoms with E-state index in [4.69, 9.17) is 14.1 Å². The van der Waals surface area contributed by atoms with Crippen molar-refractivity contribution in [1.82, 2.24) is 10.2 Å². The summed E-state index contributed by atoms with van der Waals surface area (Å²) in [5.74, 6) is 1.68. The molecule has 1 aliphatic heterocycles. The number of aliphatic imine (C=N–C) groups is 1. The van der Waals surface area contributed by atoms with E-state index in [1.165, 1.54) is 12.8 Å². The second-order valence-corrected chi connectivity index (χ2v) is 6.65. The molecule has 1 saturated heterocycles. The molecule has 0 spiro atoms. The third kappa shape index (κ3) is 4.65. The molecule has 1 N–H and O–H groups in total. The first-order chi connectivity index (χ1) is 13.6. The van der Waals surface area contributed by atoms with E-state index in [1.807, 2.05) is 6.07 Å². The number of methoxy groups -OCH3 is 1. The molecule has 0 radical (unpaired) electrons. The summed E-state index contributed by atoms with van der Waals surface area (Å²) >= 11 is 0. The van der Waals surface area contributed by atoms with Crippen LogP contribution in [-0.2, 0) is 11.3 Å². The van der Waals surface area contributed by atoms with Crippen molar-refractivity contribution < 1.29 is 13.9 Å². The van der Waals surface area contributed by atoms with Gasteiger partial charge in [0.15, 0.2) is 5.96 Å². The third-order valence-electron chi connectivity index (χ3n) is 4.79. The first kappa shape index (κ1) is 19.8. The maximum Gasteiger partial charge on any atom is 0.341 e. The van der Waals surface area contributed by atoms with Crippen molar-refractivity contribution >= 4 is 17.6 Å². The fraction of sp³-hybridized carbons (Fsp3) is 0.429. The zero-order valence-corrected chi connectivity index (χ0v) is 16.8. The van der Waals surface area contributed by atoms with E-state index < -0.39 is 0 Å². The molecule has 0 unspecified atom stereocenters. The highest BCUT2D eigenvalue weighted by Crippen LogP contribution is 2.18. The number of ether oxygens (including phenoxy) is 1. The number of carbonyl (C=O) groups is 1. The lowest BCUT2D eigenvalue weighted by molar-refractivity contribution is 0.0599. The molecule has 7 heteroatoms. The molecule has 1 aromatic carbocycles. The maximum atomic E-state index is 11.7. The first-order valence-electron chi connectivity index (χ1n) is 9.63. The van der Waals surface area contributed by atoms with Crippen LogP contribution in [0.4, 0.5) is 5.69 Å². The van der Waals surface area contributed by atoms with Crippen LogP contribution < -0.4 is 10.2 Å². The molecule has 7 nitrogen and oxygen atoms in total. The molecule has 0 bridgehead atoms. The van der Waals surface area contributed by atoms with Crippen molar-refractivity contribution in [1.29, 1.82) is 0 Å². The molecule has 1 aliphatic rings. The minimum Gasteiger partial charge on any atom is -0.465 e. The number of guanidine groups is 1. The Hall–Kier alpha value is -2.96. The van der Waals surface area contributed by atoms with Crippen LogP contribution in [0.25, 0.3) is 0 Å². The number of hydrogen-bond acceptors (Lipinski definition) is 5. The number of benzene rings is 1. The van der Waals surface area contributed by atoms with Crippen molar-refractivity contribution in [2.75, 3.05) is 44.7 Å². The molecule has 1 aromatic heterocycles. The predicted molar refractivity (Wildman–Crippen MR) is 110 cm³/mol. The molecule has 28 heavy (non-hydrogen) atoms. The lowest BCUT2D eigenvalue weighted by Gasteiger charge is -2.37. The van der Waals surface area contributed by atoms with Crippen LogP contribution in [0.2, 0.25) is 0 Å². The topological polar surface area (TPSA) is 70.3 Å². The fourth-order valence-corrected chi connectivity index (χ4v) is 3.33. The quantitative estimate of drug-likeness (QED) is 0.486. The Morgan fingerprint density at radius 1 is 1.21 bits per heavy atom. The van der Waals surface area contributed by atoms with E-state index in [0.29, 0.717) is 23.6 Å². The van der Waals surface area contributed by atoms with E-state index in [1.54, 1.807) is 13.0 Å². The molecule has 0 amide bonds. The molecular weight excluding hydrogens is 356 g/mol. The fourth-order valence-electron chi connectivity index (χ4n) is 3.33. The Bertz CT molecular complexity index is 808. The van der Waals surface area contributed by atoms with Crippen molar-refractivity contribution in [3.63, 3.8) is 0 Å². The summed E-state index contributed by atoms with van der Waals surface area (Å²) in [6, 6.07) is 12.2. The van der Waals surface area contributed by atoms with Crippen LogP contribution in [0, 0.1) is 6.92 Å². The van der Waals surface area contributed by atoms with Gasteiger partial charge in [-0.15, -0.1) is 0 Å². The number of rotatable bonds is 5. The first-order valence-corrected chi connectivity index (χ1v) is 9.63. The standard InChI is InChI=1S/C21H28N4O3/c1-4-22-21(23-15-18-14-19(16(2)28-18)20(26)27-3)25-12-10-24(11-13-25)17-8-6-5-7-9-17/h5-9,14H,4,10-13,15H2,1-3H3,(H,22,23). The van der Waals surface area contributed by atoms with Gasteiger partial charge in [-0.2, -0.15) is 0 Å². The molecule has 0 saturated carbocycles. The molecule has 0 atom stereocenters. The van der Waals surface area contributed by atoms with Gasteiger partial charge in [0.25, 0.3) is 0 Å². The Balaban J connectivity index is 1.64. The van der Waals surface area contributed by atoms with Crippen LogP contribution in [0.15, 0.2) is 45.8 Å². The Kier molecular flexibility index (Phi) is 6.57. The van der Waals surface area contributed by atoms with Crippen LogP contribution in [0.3, 0.4) is 0 Å². The van der Waals surface area contributed by atoms with Crippen LogP contribution in [-0.4, -0.2) is 56.7 Å². The molecule has 2 heterocycles. The van der Waals surface area contributed by atoms with E-state index >= 15 is 0 Å². The summed E-state index contributed by atoms with van der Waals surface area (Å²) in [6.07, 6.45) is 0. The maximum absolute atomic E-state index is 11.7. The number of piperazine rings is 1. The molecule has 3 rings (SSSR count). The van der Waals surface area contributed by atoms with Gasteiger partial charge in [0.2, 0.25) is 0 Å². The molecule has 1 fully saturated rings. The minimum atomic E-state index is -0.388. The summed E-state index contributed by atoms with van der Waals surface area (Å²) in [5.41, 5.74) is 1.71. The number of nitrogens with one attached hydrogen (secondary N) is 1. The number of carbonyl (C=O) groups excluding carboxylic acids is 1. The lowest BCUT2D eigenvalue weighted by Crippen LogP contribution is -2.52. The van der Waals surface area contributed by atoms with Crippen molar-refractivity contribution in [2.45, 2.75) is 20.4 Å². The van der Waals surface area contributed by atoms with Gasteiger partial charge in [-0.25, -0.2) is 9.79 Å². The highest BCUT2D eigenvalue weighted by Gasteiger charge is 2.20. The number of hydrogen-bond donors (Lipinski definition) is 1. The van der Waals surface area contributed by atoms with E-state index in [0.717, 1.165) is 38.7 Å². The Morgan fingerprint density at radius 3 is 2.57 bits per heavy atom. The van der Waals surface area contributed by atoms with Crippen molar-refractivity contribution in [2.24, 2.45) is 4.99 Å². The lowest BCUT2D eigenvalue weighted by atomic mass is 10.2. The third-order valence-corrected chi connectivity index (χ3v) is 4.79. The van der Waals surface area contributed by atoms with E-state index in [2.05, 4.69) is 46.3 Å². The predicted octanol–water partition coefficient (Wildman–Crippen LogP) is 2.66. The summed E-state index contributed by atoms with van der Waals surface area (Å²) in [5, 5.41) is 3.36. The van der Waals surface area contributed by atoms with Crippen LogP contribution >= 0.6 is 0 Å². The summed E-state index contributed by atoms with van der Waals surface area (Å²) in [7, 11) is 1.37. The zero-order chi connectivity index (χ0) is 19.9. The smallest absolute Gasteiger partial charge is 0.341 e. The highest BCUT2D eigenvalue weighted by molar-refractivity contribution is 5.90. The molecule has 2 aromatic rings. The normalized spacial score (nSPS) is 14.9. The van der Waals surface area contributed by atoms with Crippen LogP contribution in [0.5, 0.6) is 0 Å². The number of furan rings is 1. The second kappa shape index (κ2) is 9.30. The number of anilines is 1. The van der Waals surface area contributed by atoms with Gasteiger partial charge in [-0.05, 0) is 32.0 Å². The van der Waals surface area contributed by atoms with E-state index in [9.17, 15) is 4.79 Å². The monoisotopic (exact) mass is 384 g/mol. The van der Waals surface area contributed by atoms with Gasteiger partial charge in [0.1, 0.15) is 23.6 Å². The SMILES string of the molecule is CCNC(=NCc1cc(C(=O)OC)c(C)o1)N1CCN(c2ccccc2)CC1. The Morgan fingerprint density at radius 2 is 1.93 bits per heavy atom. The number of nitrogens with zero attached hydrogens (tertiary/aromatic N) is 3. The van der Waals surface area contributed by atoms with Gasteiger partial charge < -0.3 is 24.3 Å². The van der Waals surface area contributed by atoms with E-state index in [-0.39, 0.29) is 5.97 Å². The number of esters is 1. The summed E-state index contributed by atoms with van der Waals surface area (Å²) in [4.78, 5) is 21.1. The van der Waals surface area contributed by atoms with Gasteiger partial charge in [-0.3, -0.25) is 0 Å². The average Bonchev–Trinajstić information content (AvgIpc) is 3.12. The summed E-state index contributed by atoms with van der Waals surface area (Å²) < 4.78 is 10.4. The average molecular weight is 384 g/mol. The van der Waals surface area contributed by atoms with Gasteiger partial charge >= 0.3 is 5.97 Å². The molecular formula is C21H28N4O3. The van der Waals surface area contributed by atoms with Gasteiger partial charge in [-0.1, -0.05) is 18.2 Å². The molecule has 0 aliphatic carbocycles. The number of para-hydroxylation sites is 1. The second-order valence-electron chi connectivity index (χ2n) is 6.65. The zero-order valence-electron chi connectivity index (χ0n) is 16.8.